The van der Waals surface area contributed by atoms with Gasteiger partial charge < -0.3 is 9.88 Å². The Bertz CT molecular complexity index is 337. The Labute approximate surface area is 90.5 Å². The van der Waals surface area contributed by atoms with Crippen LogP contribution in [0.1, 0.15) is 42.7 Å². The standard InChI is InChI=1S/C12H18N2O/c1-2-12(15)11-4-3-9-14(11)10-5-7-13-8-6-10/h3-4,9-10,13H,2,5-8H2,1H3. The summed E-state index contributed by atoms with van der Waals surface area (Å²) in [5.74, 6) is 0.249. The molecule has 82 valence electrons. The molecule has 0 unspecified atom stereocenters. The molecular weight excluding hydrogens is 188 g/mol. The fraction of sp³-hybridized carbons (Fsp3) is 0.583. The highest BCUT2D eigenvalue weighted by Gasteiger charge is 2.18. The van der Waals surface area contributed by atoms with Gasteiger partial charge in [-0.15, -0.1) is 0 Å². The van der Waals surface area contributed by atoms with Gasteiger partial charge in [0.1, 0.15) is 0 Å². The van der Waals surface area contributed by atoms with E-state index in [0.717, 1.165) is 31.6 Å². The Kier molecular flexibility index (Phi) is 3.21. The number of hydrogen-bond donors (Lipinski definition) is 1. The molecular formula is C12H18N2O. The number of aromatic nitrogens is 1. The molecule has 0 saturated carbocycles. The zero-order chi connectivity index (χ0) is 10.7. The number of piperidine rings is 1. The highest BCUT2D eigenvalue weighted by molar-refractivity contribution is 5.94. The van der Waals surface area contributed by atoms with Crippen LogP contribution >= 0.6 is 0 Å². The van der Waals surface area contributed by atoms with Gasteiger partial charge in [0.15, 0.2) is 5.78 Å². The fourth-order valence-corrected chi connectivity index (χ4v) is 2.21. The number of ketones is 1. The molecule has 0 aromatic carbocycles. The minimum atomic E-state index is 0.249. The summed E-state index contributed by atoms with van der Waals surface area (Å²) in [6, 6.07) is 4.42. The molecule has 1 aromatic rings. The maximum Gasteiger partial charge on any atom is 0.178 e. The van der Waals surface area contributed by atoms with E-state index >= 15 is 0 Å². The summed E-state index contributed by atoms with van der Waals surface area (Å²) in [7, 11) is 0. The first-order chi connectivity index (χ1) is 7.33. The Morgan fingerprint density at radius 3 is 2.93 bits per heavy atom. The first-order valence-corrected chi connectivity index (χ1v) is 5.73. The van der Waals surface area contributed by atoms with Gasteiger partial charge in [0.25, 0.3) is 0 Å². The van der Waals surface area contributed by atoms with Crippen LogP contribution in [0.25, 0.3) is 0 Å². The van der Waals surface area contributed by atoms with Crippen molar-refractivity contribution in [2.75, 3.05) is 13.1 Å². The van der Waals surface area contributed by atoms with E-state index in [1.54, 1.807) is 0 Å². The van der Waals surface area contributed by atoms with Gasteiger partial charge in [-0.3, -0.25) is 4.79 Å². The lowest BCUT2D eigenvalue weighted by atomic mass is 10.1. The van der Waals surface area contributed by atoms with Crippen LogP contribution in [-0.2, 0) is 0 Å². The quantitative estimate of drug-likeness (QED) is 0.767. The molecule has 0 amide bonds. The van der Waals surface area contributed by atoms with Crippen molar-refractivity contribution in [2.24, 2.45) is 0 Å². The largest absolute Gasteiger partial charge is 0.342 e. The molecule has 0 aliphatic carbocycles. The average Bonchev–Trinajstić information content (AvgIpc) is 2.78. The number of nitrogens with zero attached hydrogens (tertiary/aromatic N) is 1. The van der Waals surface area contributed by atoms with Gasteiger partial charge in [0.2, 0.25) is 0 Å². The van der Waals surface area contributed by atoms with Gasteiger partial charge in [-0.25, -0.2) is 0 Å². The number of nitrogens with one attached hydrogen (secondary N) is 1. The summed E-state index contributed by atoms with van der Waals surface area (Å²) in [6.07, 6.45) is 4.88. The minimum Gasteiger partial charge on any atom is -0.342 e. The van der Waals surface area contributed by atoms with Crippen molar-refractivity contribution in [1.82, 2.24) is 9.88 Å². The van der Waals surface area contributed by atoms with Crippen LogP contribution in [0.4, 0.5) is 0 Å². The Balaban J connectivity index is 2.19. The first kappa shape index (κ1) is 10.4. The molecule has 1 saturated heterocycles. The molecule has 1 N–H and O–H groups in total. The topological polar surface area (TPSA) is 34.0 Å². The lowest BCUT2D eigenvalue weighted by Gasteiger charge is -2.25. The van der Waals surface area contributed by atoms with Gasteiger partial charge in [-0.1, -0.05) is 6.92 Å². The van der Waals surface area contributed by atoms with Gasteiger partial charge in [0, 0.05) is 18.7 Å². The zero-order valence-electron chi connectivity index (χ0n) is 9.20. The van der Waals surface area contributed by atoms with Crippen LogP contribution in [0.5, 0.6) is 0 Å². The van der Waals surface area contributed by atoms with Gasteiger partial charge in [-0.2, -0.15) is 0 Å². The van der Waals surface area contributed by atoms with Crippen molar-refractivity contribution in [3.05, 3.63) is 24.0 Å². The summed E-state index contributed by atoms with van der Waals surface area (Å²) in [5, 5.41) is 3.34. The number of hydrogen-bond acceptors (Lipinski definition) is 2. The second kappa shape index (κ2) is 4.62. The second-order valence-electron chi connectivity index (χ2n) is 4.06. The molecule has 3 nitrogen and oxygen atoms in total. The van der Waals surface area contributed by atoms with E-state index < -0.39 is 0 Å². The summed E-state index contributed by atoms with van der Waals surface area (Å²) in [4.78, 5) is 11.7. The van der Waals surface area contributed by atoms with Crippen molar-refractivity contribution in [1.29, 1.82) is 0 Å². The van der Waals surface area contributed by atoms with Crippen molar-refractivity contribution in [3.8, 4) is 0 Å². The molecule has 0 atom stereocenters. The Hall–Kier alpha value is -1.09. The highest BCUT2D eigenvalue weighted by Crippen LogP contribution is 2.21. The predicted molar refractivity (Wildman–Crippen MR) is 60.2 cm³/mol. The molecule has 0 bridgehead atoms. The second-order valence-corrected chi connectivity index (χ2v) is 4.06. The lowest BCUT2D eigenvalue weighted by molar-refractivity contribution is 0.0975. The van der Waals surface area contributed by atoms with Crippen molar-refractivity contribution in [3.63, 3.8) is 0 Å². The number of carbonyl (C=O) groups is 1. The minimum absolute atomic E-state index is 0.249. The van der Waals surface area contributed by atoms with E-state index in [0.29, 0.717) is 12.5 Å². The molecule has 1 aliphatic rings. The predicted octanol–water partition coefficient (Wildman–Crippen LogP) is 2.01. The monoisotopic (exact) mass is 206 g/mol. The maximum absolute atomic E-state index is 11.7. The van der Waals surface area contributed by atoms with E-state index in [-0.39, 0.29) is 5.78 Å². The molecule has 15 heavy (non-hydrogen) atoms. The summed E-state index contributed by atoms with van der Waals surface area (Å²) >= 11 is 0. The normalized spacial score (nSPS) is 17.9. The Morgan fingerprint density at radius 1 is 1.53 bits per heavy atom. The van der Waals surface area contributed by atoms with E-state index in [4.69, 9.17) is 0 Å². The SMILES string of the molecule is CCC(=O)c1cccn1C1CCNCC1. The van der Waals surface area contributed by atoms with Crippen molar-refractivity contribution >= 4 is 5.78 Å². The highest BCUT2D eigenvalue weighted by atomic mass is 16.1. The van der Waals surface area contributed by atoms with Crippen LogP contribution < -0.4 is 5.32 Å². The van der Waals surface area contributed by atoms with Gasteiger partial charge in [-0.05, 0) is 38.1 Å². The van der Waals surface area contributed by atoms with Gasteiger partial charge in [0.05, 0.1) is 5.69 Å². The molecule has 0 spiro atoms. The molecule has 1 aliphatic heterocycles. The van der Waals surface area contributed by atoms with E-state index in [1.165, 1.54) is 0 Å². The van der Waals surface area contributed by atoms with Crippen LogP contribution in [0, 0.1) is 0 Å². The molecule has 2 heterocycles. The summed E-state index contributed by atoms with van der Waals surface area (Å²) in [5.41, 5.74) is 0.879. The number of carbonyl (C=O) groups excluding carboxylic acids is 1. The Morgan fingerprint density at radius 2 is 2.27 bits per heavy atom. The zero-order valence-corrected chi connectivity index (χ0v) is 9.20. The smallest absolute Gasteiger partial charge is 0.178 e. The summed E-state index contributed by atoms with van der Waals surface area (Å²) in [6.45, 7) is 4.04. The lowest BCUT2D eigenvalue weighted by Crippen LogP contribution is -2.30. The van der Waals surface area contributed by atoms with Crippen molar-refractivity contribution in [2.45, 2.75) is 32.2 Å². The average molecular weight is 206 g/mol. The van der Waals surface area contributed by atoms with Gasteiger partial charge >= 0.3 is 0 Å². The summed E-state index contributed by atoms with van der Waals surface area (Å²) < 4.78 is 2.16. The first-order valence-electron chi connectivity index (χ1n) is 5.73. The molecule has 3 heteroatoms. The van der Waals surface area contributed by atoms with E-state index in [9.17, 15) is 4.79 Å². The van der Waals surface area contributed by atoms with E-state index in [2.05, 4.69) is 9.88 Å². The van der Waals surface area contributed by atoms with E-state index in [1.807, 2.05) is 25.3 Å². The number of Topliss-reactive ketones (excluding diaryl/α,β-unsaturated/α-hetero) is 1. The van der Waals surface area contributed by atoms with Crippen LogP contribution in [0.2, 0.25) is 0 Å². The third kappa shape index (κ3) is 2.12. The van der Waals surface area contributed by atoms with Crippen LogP contribution in [0.3, 0.4) is 0 Å². The molecule has 1 aromatic heterocycles. The molecule has 2 rings (SSSR count). The molecule has 0 radical (unpaired) electrons. The maximum atomic E-state index is 11.7. The number of rotatable bonds is 3. The van der Waals surface area contributed by atoms with Crippen LogP contribution in [-0.4, -0.2) is 23.4 Å². The fourth-order valence-electron chi connectivity index (χ4n) is 2.21. The molecule has 1 fully saturated rings. The third-order valence-corrected chi connectivity index (χ3v) is 3.09. The third-order valence-electron chi connectivity index (χ3n) is 3.09. The van der Waals surface area contributed by atoms with Crippen molar-refractivity contribution < 1.29 is 4.79 Å². The van der Waals surface area contributed by atoms with Crippen LogP contribution in [0.15, 0.2) is 18.3 Å².